The number of aromatic nitrogens is 2. The van der Waals surface area contributed by atoms with E-state index in [1.54, 1.807) is 12.1 Å². The van der Waals surface area contributed by atoms with E-state index in [-0.39, 0.29) is 11.7 Å². The van der Waals surface area contributed by atoms with Gasteiger partial charge >= 0.3 is 0 Å². The molecule has 1 amide bonds. The number of carbonyl (C=O) groups excluding carboxylic acids is 1. The molecule has 0 spiro atoms. The molecule has 0 saturated carbocycles. The highest BCUT2D eigenvalue weighted by molar-refractivity contribution is 5.90. The Balaban J connectivity index is 1.84. The molecule has 92 valence electrons. The molecule has 0 bridgehead atoms. The van der Waals surface area contributed by atoms with E-state index in [0.29, 0.717) is 19.0 Å². The summed E-state index contributed by atoms with van der Waals surface area (Å²) in [5, 5.41) is 14.0. The van der Waals surface area contributed by atoms with Crippen LogP contribution in [0.4, 0.5) is 5.82 Å². The van der Waals surface area contributed by atoms with Gasteiger partial charge in [-0.3, -0.25) is 4.79 Å². The van der Waals surface area contributed by atoms with Crippen molar-refractivity contribution >= 4 is 11.7 Å². The van der Waals surface area contributed by atoms with E-state index in [2.05, 4.69) is 20.8 Å². The van der Waals surface area contributed by atoms with Crippen LogP contribution in [0.15, 0.2) is 12.1 Å². The predicted octanol–water partition coefficient (Wildman–Crippen LogP) is -1.02. The summed E-state index contributed by atoms with van der Waals surface area (Å²) in [4.78, 5) is 10.8. The maximum atomic E-state index is 10.8. The molecule has 1 saturated heterocycles. The minimum atomic E-state index is -0.577. The Morgan fingerprint density at radius 3 is 3.06 bits per heavy atom. The second kappa shape index (κ2) is 5.55. The fraction of sp³-hybridized carbons (Fsp3) is 0.500. The summed E-state index contributed by atoms with van der Waals surface area (Å²) in [6.45, 7) is 2.99. The molecule has 1 atom stereocenters. The van der Waals surface area contributed by atoms with Crippen LogP contribution in [-0.4, -0.2) is 48.4 Å². The molecule has 2 heterocycles. The summed E-state index contributed by atoms with van der Waals surface area (Å²) in [6.07, 6.45) is 0. The molecule has 0 aliphatic carbocycles. The lowest BCUT2D eigenvalue weighted by Gasteiger charge is -2.23. The van der Waals surface area contributed by atoms with Gasteiger partial charge in [0.15, 0.2) is 5.69 Å². The van der Waals surface area contributed by atoms with Crippen molar-refractivity contribution in [1.82, 2.24) is 15.5 Å². The highest BCUT2D eigenvalue weighted by Gasteiger charge is 2.12. The average Bonchev–Trinajstić information content (AvgIpc) is 2.38. The van der Waals surface area contributed by atoms with Crippen LogP contribution in [0.3, 0.4) is 0 Å². The van der Waals surface area contributed by atoms with Gasteiger partial charge < -0.3 is 21.1 Å². The molecule has 7 nitrogen and oxygen atoms in total. The number of carbonyl (C=O) groups is 1. The molecular weight excluding hydrogens is 222 g/mol. The van der Waals surface area contributed by atoms with Crippen molar-refractivity contribution in [2.75, 3.05) is 31.6 Å². The smallest absolute Gasteiger partial charge is 0.269 e. The van der Waals surface area contributed by atoms with E-state index in [4.69, 9.17) is 10.5 Å². The quantitative estimate of drug-likeness (QED) is 0.619. The topological polar surface area (TPSA) is 102 Å². The van der Waals surface area contributed by atoms with E-state index in [0.717, 1.165) is 13.2 Å². The van der Waals surface area contributed by atoms with Crippen LogP contribution in [0.2, 0.25) is 0 Å². The fourth-order valence-electron chi connectivity index (χ4n) is 1.54. The highest BCUT2D eigenvalue weighted by atomic mass is 16.5. The van der Waals surface area contributed by atoms with Gasteiger partial charge in [-0.05, 0) is 12.1 Å². The van der Waals surface area contributed by atoms with Crippen LogP contribution in [0.5, 0.6) is 0 Å². The maximum Gasteiger partial charge on any atom is 0.269 e. The number of ether oxygens (including phenoxy) is 1. The highest BCUT2D eigenvalue weighted by Crippen LogP contribution is 2.02. The van der Waals surface area contributed by atoms with E-state index >= 15 is 0 Å². The molecule has 7 heteroatoms. The molecule has 0 aromatic carbocycles. The maximum absolute atomic E-state index is 10.8. The lowest BCUT2D eigenvalue weighted by Crippen LogP contribution is -2.45. The largest absolute Gasteiger partial charge is 0.378 e. The lowest BCUT2D eigenvalue weighted by molar-refractivity contribution is 0.0806. The first-order valence-electron chi connectivity index (χ1n) is 5.44. The number of anilines is 1. The van der Waals surface area contributed by atoms with Gasteiger partial charge in [-0.1, -0.05) is 0 Å². The Bertz CT molecular complexity index is 375. The summed E-state index contributed by atoms with van der Waals surface area (Å²) < 4.78 is 5.32. The summed E-state index contributed by atoms with van der Waals surface area (Å²) in [5.74, 6) is 0.0359. The summed E-state index contributed by atoms with van der Waals surface area (Å²) >= 11 is 0. The number of morpholine rings is 1. The fourth-order valence-corrected chi connectivity index (χ4v) is 1.54. The SMILES string of the molecule is NC(=O)c1ccc(NCC2COCCN2)nn1. The van der Waals surface area contributed by atoms with Crippen molar-refractivity contribution in [3.05, 3.63) is 17.8 Å². The van der Waals surface area contributed by atoms with Gasteiger partial charge in [-0.15, -0.1) is 10.2 Å². The zero-order valence-electron chi connectivity index (χ0n) is 9.35. The van der Waals surface area contributed by atoms with Gasteiger partial charge in [-0.25, -0.2) is 0 Å². The number of primary amides is 1. The van der Waals surface area contributed by atoms with Gasteiger partial charge in [-0.2, -0.15) is 0 Å². The van der Waals surface area contributed by atoms with Gasteiger partial charge in [0.25, 0.3) is 5.91 Å². The molecule has 2 rings (SSSR count). The average molecular weight is 237 g/mol. The molecule has 1 aliphatic heterocycles. The Hall–Kier alpha value is -1.73. The van der Waals surface area contributed by atoms with Crippen LogP contribution in [0.25, 0.3) is 0 Å². The van der Waals surface area contributed by atoms with Crippen LogP contribution < -0.4 is 16.4 Å². The molecular formula is C10H15N5O2. The van der Waals surface area contributed by atoms with Crippen LogP contribution >= 0.6 is 0 Å². The monoisotopic (exact) mass is 237 g/mol. The Morgan fingerprint density at radius 1 is 1.59 bits per heavy atom. The molecule has 1 aromatic rings. The third-order valence-electron chi connectivity index (χ3n) is 2.45. The molecule has 17 heavy (non-hydrogen) atoms. The number of amides is 1. The zero-order chi connectivity index (χ0) is 12.1. The second-order valence-corrected chi connectivity index (χ2v) is 3.77. The van der Waals surface area contributed by atoms with E-state index in [9.17, 15) is 4.79 Å². The number of rotatable bonds is 4. The van der Waals surface area contributed by atoms with Crippen molar-refractivity contribution in [2.45, 2.75) is 6.04 Å². The first-order chi connectivity index (χ1) is 8.25. The van der Waals surface area contributed by atoms with Crippen molar-refractivity contribution in [2.24, 2.45) is 5.73 Å². The third-order valence-corrected chi connectivity index (χ3v) is 2.45. The van der Waals surface area contributed by atoms with Crippen LogP contribution in [0, 0.1) is 0 Å². The summed E-state index contributed by atoms with van der Waals surface area (Å²) in [7, 11) is 0. The van der Waals surface area contributed by atoms with Crippen molar-refractivity contribution in [3.8, 4) is 0 Å². The van der Waals surface area contributed by atoms with E-state index in [1.807, 2.05) is 0 Å². The second-order valence-electron chi connectivity index (χ2n) is 3.77. The van der Waals surface area contributed by atoms with Gasteiger partial charge in [0, 0.05) is 19.1 Å². The molecule has 1 unspecified atom stereocenters. The molecule has 1 fully saturated rings. The van der Waals surface area contributed by atoms with E-state index < -0.39 is 5.91 Å². The number of nitrogens with two attached hydrogens (primary N) is 1. The van der Waals surface area contributed by atoms with Gasteiger partial charge in [0.05, 0.1) is 13.2 Å². The van der Waals surface area contributed by atoms with Crippen molar-refractivity contribution < 1.29 is 9.53 Å². The van der Waals surface area contributed by atoms with Crippen LogP contribution in [0.1, 0.15) is 10.5 Å². The lowest BCUT2D eigenvalue weighted by atomic mass is 10.3. The standard InChI is InChI=1S/C10H15N5O2/c11-10(16)8-1-2-9(15-14-8)13-5-7-6-17-4-3-12-7/h1-2,7,12H,3-6H2,(H2,11,16)(H,13,15). The minimum Gasteiger partial charge on any atom is -0.378 e. The molecule has 0 radical (unpaired) electrons. The van der Waals surface area contributed by atoms with Gasteiger partial charge in [0.1, 0.15) is 5.82 Å². The summed E-state index contributed by atoms with van der Waals surface area (Å²) in [6, 6.07) is 3.49. The Morgan fingerprint density at radius 2 is 2.47 bits per heavy atom. The minimum absolute atomic E-state index is 0.162. The third kappa shape index (κ3) is 3.36. The zero-order valence-corrected chi connectivity index (χ0v) is 9.35. The molecule has 1 aromatic heterocycles. The molecule has 1 aliphatic rings. The normalized spacial score (nSPS) is 19.9. The van der Waals surface area contributed by atoms with E-state index in [1.165, 1.54) is 0 Å². The Labute approximate surface area is 98.7 Å². The number of nitrogens with zero attached hydrogens (tertiary/aromatic N) is 2. The first-order valence-corrected chi connectivity index (χ1v) is 5.44. The molecule has 4 N–H and O–H groups in total. The van der Waals surface area contributed by atoms with Crippen molar-refractivity contribution in [1.29, 1.82) is 0 Å². The predicted molar refractivity (Wildman–Crippen MR) is 61.6 cm³/mol. The number of nitrogens with one attached hydrogen (secondary N) is 2. The number of hydrogen-bond acceptors (Lipinski definition) is 6. The van der Waals surface area contributed by atoms with Gasteiger partial charge in [0.2, 0.25) is 0 Å². The number of hydrogen-bond donors (Lipinski definition) is 3. The van der Waals surface area contributed by atoms with Crippen molar-refractivity contribution in [3.63, 3.8) is 0 Å². The first kappa shape index (κ1) is 11.7. The van der Waals surface area contributed by atoms with Crippen LogP contribution in [-0.2, 0) is 4.74 Å². The Kier molecular flexibility index (Phi) is 3.84. The summed E-state index contributed by atoms with van der Waals surface area (Å²) in [5.41, 5.74) is 5.23.